The number of furan rings is 1. The third kappa shape index (κ3) is 3.84. The van der Waals surface area contributed by atoms with Crippen LogP contribution in [0.4, 0.5) is 11.4 Å². The van der Waals surface area contributed by atoms with Gasteiger partial charge in [0.05, 0.1) is 22.4 Å². The molecule has 7 heteroatoms. The Morgan fingerprint density at radius 3 is 2.86 bits per heavy atom. The molecule has 0 saturated heterocycles. The van der Waals surface area contributed by atoms with Crippen molar-refractivity contribution in [2.75, 3.05) is 18.5 Å². The molecule has 0 aliphatic carbocycles. The van der Waals surface area contributed by atoms with Crippen LogP contribution >= 0.6 is 0 Å². The highest BCUT2D eigenvalue weighted by Crippen LogP contribution is 2.22. The van der Waals surface area contributed by atoms with Gasteiger partial charge in [0.1, 0.15) is 11.8 Å². The van der Waals surface area contributed by atoms with Crippen LogP contribution in [0.15, 0.2) is 41.0 Å². The summed E-state index contributed by atoms with van der Waals surface area (Å²) in [5.41, 5.74) is 0.575. The Bertz CT molecular complexity index is 677. The molecule has 0 spiro atoms. The van der Waals surface area contributed by atoms with Gasteiger partial charge in [0.2, 0.25) is 0 Å². The monoisotopic (exact) mass is 301 g/mol. The van der Waals surface area contributed by atoms with E-state index in [4.69, 9.17) is 9.68 Å². The zero-order valence-electron chi connectivity index (χ0n) is 11.7. The van der Waals surface area contributed by atoms with Crippen LogP contribution in [0.2, 0.25) is 0 Å². The normalized spacial score (nSPS) is 11.6. The summed E-state index contributed by atoms with van der Waals surface area (Å²) in [4.78, 5) is 10.2. The van der Waals surface area contributed by atoms with E-state index >= 15 is 0 Å². The minimum absolute atomic E-state index is 0.0391. The maximum Gasteiger partial charge on any atom is 0.270 e. The molecular weight excluding hydrogens is 286 g/mol. The molecule has 0 fully saturated rings. The number of nitro benzene ring substituents is 1. The molecule has 1 aromatic heterocycles. The average molecular weight is 301 g/mol. The minimum Gasteiger partial charge on any atom is -0.469 e. The van der Waals surface area contributed by atoms with Gasteiger partial charge in [-0.2, -0.15) is 5.26 Å². The molecule has 1 aromatic carbocycles. The Hall–Kier alpha value is -2.85. The number of hydrogen-bond donors (Lipinski definition) is 2. The minimum atomic E-state index is -0.544. The van der Waals surface area contributed by atoms with Gasteiger partial charge >= 0.3 is 0 Å². The van der Waals surface area contributed by atoms with Gasteiger partial charge in [-0.25, -0.2) is 0 Å². The number of rotatable bonds is 7. The van der Waals surface area contributed by atoms with Gasteiger partial charge in [0.15, 0.2) is 0 Å². The highest BCUT2D eigenvalue weighted by atomic mass is 16.6. The Balaban J connectivity index is 2.03. The molecular formula is C15H15N3O4. The van der Waals surface area contributed by atoms with E-state index < -0.39 is 4.92 Å². The number of nitrogens with one attached hydrogen (secondary N) is 1. The van der Waals surface area contributed by atoms with Gasteiger partial charge in [-0.3, -0.25) is 10.1 Å². The molecule has 0 radical (unpaired) electrons. The van der Waals surface area contributed by atoms with Crippen LogP contribution in [0, 0.1) is 27.4 Å². The van der Waals surface area contributed by atoms with E-state index in [2.05, 4.69) is 5.32 Å². The summed E-state index contributed by atoms with van der Waals surface area (Å²) < 4.78 is 5.24. The number of nitro groups is 1. The molecule has 2 aromatic rings. The number of anilines is 1. The fourth-order valence-electron chi connectivity index (χ4n) is 2.06. The first-order valence-corrected chi connectivity index (χ1v) is 6.69. The van der Waals surface area contributed by atoms with E-state index in [9.17, 15) is 15.2 Å². The van der Waals surface area contributed by atoms with Crippen molar-refractivity contribution in [3.63, 3.8) is 0 Å². The summed E-state index contributed by atoms with van der Waals surface area (Å²) in [5, 5.41) is 32.2. The zero-order valence-corrected chi connectivity index (χ0v) is 11.7. The van der Waals surface area contributed by atoms with Crippen LogP contribution in [-0.2, 0) is 6.42 Å². The number of aliphatic hydroxyl groups is 1. The first-order valence-electron chi connectivity index (χ1n) is 6.69. The van der Waals surface area contributed by atoms with Crippen LogP contribution in [-0.4, -0.2) is 23.2 Å². The molecule has 0 aliphatic rings. The Morgan fingerprint density at radius 1 is 1.45 bits per heavy atom. The molecule has 7 nitrogen and oxygen atoms in total. The Morgan fingerprint density at radius 2 is 2.27 bits per heavy atom. The second-order valence-corrected chi connectivity index (χ2v) is 4.81. The van der Waals surface area contributed by atoms with Gasteiger partial charge in [-0.1, -0.05) is 0 Å². The van der Waals surface area contributed by atoms with Crippen molar-refractivity contribution in [2.45, 2.75) is 6.42 Å². The summed E-state index contributed by atoms with van der Waals surface area (Å²) in [6, 6.07) is 9.60. The fourth-order valence-corrected chi connectivity index (χ4v) is 2.06. The highest BCUT2D eigenvalue weighted by Gasteiger charge is 2.14. The predicted octanol–water partition coefficient (Wildman–Crippen LogP) is 2.32. The van der Waals surface area contributed by atoms with E-state index in [-0.39, 0.29) is 23.8 Å². The number of non-ortho nitro benzene ring substituents is 1. The fraction of sp³-hybridized carbons (Fsp3) is 0.267. The molecule has 2 N–H and O–H groups in total. The Kier molecular flexibility index (Phi) is 5.11. The lowest BCUT2D eigenvalue weighted by atomic mass is 10.0. The van der Waals surface area contributed by atoms with Crippen LogP contribution in [0.1, 0.15) is 11.3 Å². The van der Waals surface area contributed by atoms with Gasteiger partial charge in [0.25, 0.3) is 5.69 Å². The van der Waals surface area contributed by atoms with E-state index in [1.54, 1.807) is 12.3 Å². The standard InChI is InChI=1S/C15H15N3O4/c16-8-12-7-13(18(20)21)3-4-15(12)17-9-11(10-19)6-14-2-1-5-22-14/h1-5,7,11,17,19H,6,9-10H2. The first kappa shape index (κ1) is 15.5. The molecule has 1 atom stereocenters. The lowest BCUT2D eigenvalue weighted by molar-refractivity contribution is -0.384. The topological polar surface area (TPSA) is 112 Å². The second-order valence-electron chi connectivity index (χ2n) is 4.81. The summed E-state index contributed by atoms with van der Waals surface area (Å²) in [7, 11) is 0. The molecule has 0 bridgehead atoms. The summed E-state index contributed by atoms with van der Waals surface area (Å²) in [5.74, 6) is 0.679. The van der Waals surface area contributed by atoms with Crippen molar-refractivity contribution in [3.05, 3.63) is 58.0 Å². The van der Waals surface area contributed by atoms with Crippen LogP contribution in [0.3, 0.4) is 0 Å². The van der Waals surface area contributed by atoms with Crippen molar-refractivity contribution in [3.8, 4) is 6.07 Å². The molecule has 0 amide bonds. The predicted molar refractivity (Wildman–Crippen MR) is 79.3 cm³/mol. The number of nitriles is 1. The average Bonchev–Trinajstić information content (AvgIpc) is 3.04. The zero-order chi connectivity index (χ0) is 15.9. The number of nitrogens with zero attached hydrogens (tertiary/aromatic N) is 2. The van der Waals surface area contributed by atoms with Crippen molar-refractivity contribution in [1.29, 1.82) is 5.26 Å². The van der Waals surface area contributed by atoms with Gasteiger partial charge in [0, 0.05) is 37.6 Å². The molecule has 1 heterocycles. The number of aliphatic hydroxyl groups excluding tert-OH is 1. The molecule has 0 saturated carbocycles. The molecule has 114 valence electrons. The summed E-state index contributed by atoms with van der Waals surface area (Å²) >= 11 is 0. The smallest absolute Gasteiger partial charge is 0.270 e. The van der Waals surface area contributed by atoms with E-state index in [0.717, 1.165) is 5.76 Å². The molecule has 1 unspecified atom stereocenters. The van der Waals surface area contributed by atoms with Gasteiger partial charge < -0.3 is 14.8 Å². The maximum absolute atomic E-state index is 10.7. The third-order valence-electron chi connectivity index (χ3n) is 3.24. The SMILES string of the molecule is N#Cc1cc([N+](=O)[O-])ccc1NCC(CO)Cc1ccco1. The van der Waals surface area contributed by atoms with Gasteiger partial charge in [-0.05, 0) is 18.2 Å². The summed E-state index contributed by atoms with van der Waals surface area (Å²) in [6.07, 6.45) is 2.13. The Labute approximate surface area is 126 Å². The largest absolute Gasteiger partial charge is 0.469 e. The van der Waals surface area contributed by atoms with Crippen molar-refractivity contribution < 1.29 is 14.4 Å². The lowest BCUT2D eigenvalue weighted by Gasteiger charge is -2.15. The third-order valence-corrected chi connectivity index (χ3v) is 3.24. The van der Waals surface area contributed by atoms with E-state index in [1.807, 2.05) is 12.1 Å². The quantitative estimate of drug-likeness (QED) is 0.599. The number of hydrogen-bond acceptors (Lipinski definition) is 6. The van der Waals surface area contributed by atoms with Crippen molar-refractivity contribution in [2.24, 2.45) is 5.92 Å². The molecule has 22 heavy (non-hydrogen) atoms. The van der Waals surface area contributed by atoms with Crippen molar-refractivity contribution >= 4 is 11.4 Å². The van der Waals surface area contributed by atoms with Gasteiger partial charge in [-0.15, -0.1) is 0 Å². The van der Waals surface area contributed by atoms with Crippen LogP contribution in [0.25, 0.3) is 0 Å². The molecule has 0 aliphatic heterocycles. The maximum atomic E-state index is 10.7. The second kappa shape index (κ2) is 7.24. The number of benzene rings is 1. The molecule has 2 rings (SSSR count). The van der Waals surface area contributed by atoms with E-state index in [0.29, 0.717) is 18.7 Å². The van der Waals surface area contributed by atoms with Crippen LogP contribution in [0.5, 0.6) is 0 Å². The van der Waals surface area contributed by atoms with Crippen molar-refractivity contribution in [1.82, 2.24) is 0 Å². The summed E-state index contributed by atoms with van der Waals surface area (Å²) in [6.45, 7) is 0.381. The lowest BCUT2D eigenvalue weighted by Crippen LogP contribution is -2.20. The first-order chi connectivity index (χ1) is 10.6. The highest BCUT2D eigenvalue weighted by molar-refractivity contribution is 5.61. The van der Waals surface area contributed by atoms with E-state index in [1.165, 1.54) is 18.2 Å². The van der Waals surface area contributed by atoms with Crippen LogP contribution < -0.4 is 5.32 Å².